The zero-order valence-electron chi connectivity index (χ0n) is 11.3. The fourth-order valence-electron chi connectivity index (χ4n) is 1.81. The lowest BCUT2D eigenvalue weighted by Gasteiger charge is -2.27. The van der Waals surface area contributed by atoms with Crippen LogP contribution >= 0.6 is 23.2 Å². The van der Waals surface area contributed by atoms with Crippen LogP contribution in [0.2, 0.25) is 10.0 Å². The molecule has 0 spiro atoms. The number of hydrogen-bond acceptors (Lipinski definition) is 4. The molecule has 0 unspecified atom stereocenters. The Morgan fingerprint density at radius 3 is 2.40 bits per heavy atom. The average Bonchev–Trinajstić information content (AvgIpc) is 2.39. The molecule has 7 heteroatoms. The van der Waals surface area contributed by atoms with E-state index in [9.17, 15) is 4.79 Å². The summed E-state index contributed by atoms with van der Waals surface area (Å²) in [6, 6.07) is 5.09. The summed E-state index contributed by atoms with van der Waals surface area (Å²) in [5.41, 5.74) is 5.62. The van der Waals surface area contributed by atoms with Crippen LogP contribution in [-0.4, -0.2) is 26.1 Å². The van der Waals surface area contributed by atoms with Gasteiger partial charge in [-0.05, 0) is 18.6 Å². The van der Waals surface area contributed by atoms with Crippen LogP contribution < -0.4 is 5.73 Å². The predicted molar refractivity (Wildman–Crippen MR) is 76.9 cm³/mol. The SMILES string of the molecule is CC[C@@H](OC(N)=O)[C@H](OCOC)c1c(Cl)cccc1Cl. The summed E-state index contributed by atoms with van der Waals surface area (Å²) >= 11 is 12.3. The van der Waals surface area contributed by atoms with E-state index in [4.69, 9.17) is 43.1 Å². The minimum absolute atomic E-state index is 0.00480. The van der Waals surface area contributed by atoms with Gasteiger partial charge in [0.15, 0.2) is 0 Å². The van der Waals surface area contributed by atoms with E-state index in [1.165, 1.54) is 7.11 Å². The van der Waals surface area contributed by atoms with Crippen molar-refractivity contribution in [3.8, 4) is 0 Å². The summed E-state index contributed by atoms with van der Waals surface area (Å²) in [5.74, 6) is 0. The largest absolute Gasteiger partial charge is 0.443 e. The van der Waals surface area contributed by atoms with Crippen LogP contribution in [-0.2, 0) is 14.2 Å². The lowest BCUT2D eigenvalue weighted by molar-refractivity contribution is -0.115. The van der Waals surface area contributed by atoms with Crippen molar-refractivity contribution in [2.75, 3.05) is 13.9 Å². The number of hydrogen-bond donors (Lipinski definition) is 1. The number of carbonyl (C=O) groups is 1. The van der Waals surface area contributed by atoms with E-state index >= 15 is 0 Å². The fourth-order valence-corrected chi connectivity index (χ4v) is 2.42. The number of amides is 1. The van der Waals surface area contributed by atoms with Gasteiger partial charge in [0.25, 0.3) is 0 Å². The molecular weight excluding hydrogens is 305 g/mol. The van der Waals surface area contributed by atoms with Crippen molar-refractivity contribution in [2.24, 2.45) is 5.73 Å². The first-order valence-electron chi connectivity index (χ1n) is 6.01. The molecule has 0 aliphatic rings. The molecule has 1 aromatic carbocycles. The molecule has 0 heterocycles. The Balaban J connectivity index is 3.12. The van der Waals surface area contributed by atoms with Gasteiger partial charge in [-0.2, -0.15) is 0 Å². The smallest absolute Gasteiger partial charge is 0.404 e. The van der Waals surface area contributed by atoms with Crippen LogP contribution in [0.4, 0.5) is 4.79 Å². The highest BCUT2D eigenvalue weighted by atomic mass is 35.5. The Hall–Kier alpha value is -1.01. The zero-order chi connectivity index (χ0) is 15.1. The second kappa shape index (κ2) is 8.32. The number of nitrogens with two attached hydrogens (primary N) is 1. The summed E-state index contributed by atoms with van der Waals surface area (Å²) in [7, 11) is 1.49. The zero-order valence-corrected chi connectivity index (χ0v) is 12.8. The Kier molecular flexibility index (Phi) is 7.09. The molecule has 112 valence electrons. The van der Waals surface area contributed by atoms with Crippen LogP contribution in [0, 0.1) is 0 Å². The van der Waals surface area contributed by atoms with Gasteiger partial charge in [-0.3, -0.25) is 0 Å². The quantitative estimate of drug-likeness (QED) is 0.780. The summed E-state index contributed by atoms with van der Waals surface area (Å²) in [6.45, 7) is 1.84. The highest BCUT2D eigenvalue weighted by molar-refractivity contribution is 6.36. The van der Waals surface area contributed by atoms with Crippen molar-refractivity contribution >= 4 is 29.3 Å². The molecule has 1 amide bonds. The van der Waals surface area contributed by atoms with E-state index in [1.807, 2.05) is 6.92 Å². The van der Waals surface area contributed by atoms with Gasteiger partial charge in [0.05, 0.1) is 0 Å². The summed E-state index contributed by atoms with van der Waals surface area (Å²) in [6.07, 6.45) is -1.67. The number of methoxy groups -OCH3 is 1. The van der Waals surface area contributed by atoms with E-state index in [1.54, 1.807) is 18.2 Å². The molecule has 0 aliphatic heterocycles. The van der Waals surface area contributed by atoms with E-state index < -0.39 is 18.3 Å². The van der Waals surface area contributed by atoms with Crippen LogP contribution in [0.25, 0.3) is 0 Å². The highest BCUT2D eigenvalue weighted by Crippen LogP contribution is 2.36. The maximum absolute atomic E-state index is 11.0. The Morgan fingerprint density at radius 2 is 1.95 bits per heavy atom. The first-order valence-corrected chi connectivity index (χ1v) is 6.77. The van der Waals surface area contributed by atoms with Crippen molar-refractivity contribution in [1.82, 2.24) is 0 Å². The van der Waals surface area contributed by atoms with Gasteiger partial charge >= 0.3 is 6.09 Å². The molecule has 0 fully saturated rings. The maximum atomic E-state index is 11.0. The Morgan fingerprint density at radius 1 is 1.35 bits per heavy atom. The van der Waals surface area contributed by atoms with E-state index in [0.29, 0.717) is 22.0 Å². The number of halogens is 2. The molecule has 0 radical (unpaired) electrons. The van der Waals surface area contributed by atoms with E-state index in [-0.39, 0.29) is 6.79 Å². The van der Waals surface area contributed by atoms with Gasteiger partial charge in [-0.25, -0.2) is 4.79 Å². The fraction of sp³-hybridized carbons (Fsp3) is 0.462. The number of ether oxygens (including phenoxy) is 3. The van der Waals surface area contributed by atoms with Gasteiger partial charge in [0.1, 0.15) is 19.0 Å². The van der Waals surface area contributed by atoms with Crippen LogP contribution in [0.1, 0.15) is 25.0 Å². The van der Waals surface area contributed by atoms with Gasteiger partial charge < -0.3 is 19.9 Å². The minimum atomic E-state index is -0.883. The Bertz CT molecular complexity index is 436. The predicted octanol–water partition coefficient (Wildman–Crippen LogP) is 3.53. The molecule has 0 aromatic heterocycles. The van der Waals surface area contributed by atoms with Crippen LogP contribution in [0.15, 0.2) is 18.2 Å². The van der Waals surface area contributed by atoms with Crippen molar-refractivity contribution in [3.63, 3.8) is 0 Å². The normalized spacial score (nSPS) is 13.8. The third-order valence-electron chi connectivity index (χ3n) is 2.66. The monoisotopic (exact) mass is 321 g/mol. The molecule has 0 aliphatic carbocycles. The molecular formula is C13H17Cl2NO4. The van der Waals surface area contributed by atoms with E-state index in [0.717, 1.165) is 0 Å². The van der Waals surface area contributed by atoms with Crippen molar-refractivity contribution in [2.45, 2.75) is 25.6 Å². The second-order valence-corrected chi connectivity index (χ2v) is 4.83. The van der Waals surface area contributed by atoms with Gasteiger partial charge in [-0.15, -0.1) is 0 Å². The summed E-state index contributed by atoms with van der Waals surface area (Å²) < 4.78 is 15.5. The molecule has 1 aromatic rings. The van der Waals surface area contributed by atoms with Crippen molar-refractivity contribution < 1.29 is 19.0 Å². The van der Waals surface area contributed by atoms with Crippen molar-refractivity contribution in [1.29, 1.82) is 0 Å². The average molecular weight is 322 g/mol. The molecule has 0 saturated carbocycles. The third-order valence-corrected chi connectivity index (χ3v) is 3.32. The molecule has 1 rings (SSSR count). The first kappa shape index (κ1) is 17.0. The molecule has 0 bridgehead atoms. The summed E-state index contributed by atoms with van der Waals surface area (Å²) in [5, 5.41) is 0.843. The lowest BCUT2D eigenvalue weighted by atomic mass is 10.0. The number of primary amides is 1. The molecule has 20 heavy (non-hydrogen) atoms. The van der Waals surface area contributed by atoms with Crippen LogP contribution in [0.5, 0.6) is 0 Å². The number of benzene rings is 1. The topological polar surface area (TPSA) is 70.8 Å². The van der Waals surface area contributed by atoms with Crippen molar-refractivity contribution in [3.05, 3.63) is 33.8 Å². The van der Waals surface area contributed by atoms with E-state index in [2.05, 4.69) is 0 Å². The van der Waals surface area contributed by atoms with Crippen LogP contribution in [0.3, 0.4) is 0 Å². The highest BCUT2D eigenvalue weighted by Gasteiger charge is 2.29. The molecule has 0 saturated heterocycles. The maximum Gasteiger partial charge on any atom is 0.404 e. The third kappa shape index (κ3) is 4.52. The summed E-state index contributed by atoms with van der Waals surface area (Å²) in [4.78, 5) is 11.0. The van der Waals surface area contributed by atoms with Gasteiger partial charge in [0, 0.05) is 22.7 Å². The first-order chi connectivity index (χ1) is 9.51. The lowest BCUT2D eigenvalue weighted by Crippen LogP contribution is -2.30. The molecule has 2 atom stereocenters. The number of rotatable bonds is 7. The number of carbonyl (C=O) groups excluding carboxylic acids is 1. The molecule has 2 N–H and O–H groups in total. The Labute approximate surface area is 127 Å². The minimum Gasteiger partial charge on any atom is -0.443 e. The molecule has 5 nitrogen and oxygen atoms in total. The standard InChI is InChI=1S/C13H17Cl2NO4/c1-3-10(20-13(16)17)12(19-7-18-2)11-8(14)5-4-6-9(11)15/h4-6,10,12H,3,7H2,1-2H3,(H2,16,17)/t10-,12+/m1/s1. The van der Waals surface area contributed by atoms with Gasteiger partial charge in [-0.1, -0.05) is 36.2 Å². The van der Waals surface area contributed by atoms with Gasteiger partial charge in [0.2, 0.25) is 0 Å². The second-order valence-electron chi connectivity index (χ2n) is 4.01.